The largest absolute Gasteiger partial charge is 0.430 e. The SMILES string of the molecule is CC(O)c1nc2c(n1Cc1ccc(Cl)cc1)C(=O)[NH+](CCCO)C(=O)N2C. The number of benzene rings is 1. The number of imide groups is 1. The number of hydrogen-bond donors (Lipinski definition) is 3. The summed E-state index contributed by atoms with van der Waals surface area (Å²) in [6.45, 7) is 1.95. The number of anilines is 1. The molecule has 2 aromatic rings. The van der Waals surface area contributed by atoms with E-state index in [9.17, 15) is 14.7 Å². The molecule has 1 aromatic heterocycles. The molecule has 0 saturated heterocycles. The van der Waals surface area contributed by atoms with E-state index in [-0.39, 0.29) is 29.6 Å². The zero-order valence-electron chi connectivity index (χ0n) is 15.1. The number of aliphatic hydroxyl groups is 2. The van der Waals surface area contributed by atoms with Gasteiger partial charge in [0.2, 0.25) is 0 Å². The summed E-state index contributed by atoms with van der Waals surface area (Å²) in [5.74, 6) is 0.142. The molecule has 0 bridgehead atoms. The summed E-state index contributed by atoms with van der Waals surface area (Å²) in [4.78, 5) is 31.4. The number of aliphatic hydroxyl groups excluding tert-OH is 2. The molecule has 2 unspecified atom stereocenters. The summed E-state index contributed by atoms with van der Waals surface area (Å²) in [5.41, 5.74) is 1.15. The summed E-state index contributed by atoms with van der Waals surface area (Å²) in [5, 5.41) is 19.8. The van der Waals surface area contributed by atoms with Crippen molar-refractivity contribution < 1.29 is 24.7 Å². The van der Waals surface area contributed by atoms with Gasteiger partial charge in [0.15, 0.2) is 11.5 Å². The average molecular weight is 394 g/mol. The van der Waals surface area contributed by atoms with E-state index in [0.29, 0.717) is 23.8 Å². The van der Waals surface area contributed by atoms with Crippen LogP contribution >= 0.6 is 11.6 Å². The van der Waals surface area contributed by atoms with E-state index in [1.165, 1.54) is 4.90 Å². The third kappa shape index (κ3) is 3.61. The predicted molar refractivity (Wildman–Crippen MR) is 99.1 cm³/mol. The second kappa shape index (κ2) is 7.77. The smallest absolute Gasteiger partial charge is 0.396 e. The van der Waals surface area contributed by atoms with Crippen molar-refractivity contribution >= 4 is 29.4 Å². The molecule has 1 aliphatic heterocycles. The first-order valence-corrected chi connectivity index (χ1v) is 9.05. The van der Waals surface area contributed by atoms with Crippen LogP contribution in [0, 0.1) is 0 Å². The van der Waals surface area contributed by atoms with Gasteiger partial charge >= 0.3 is 11.9 Å². The van der Waals surface area contributed by atoms with Crippen molar-refractivity contribution in [2.45, 2.75) is 26.0 Å². The highest BCUT2D eigenvalue weighted by atomic mass is 35.5. The molecule has 0 fully saturated rings. The van der Waals surface area contributed by atoms with Crippen molar-refractivity contribution in [1.29, 1.82) is 0 Å². The Morgan fingerprint density at radius 3 is 2.52 bits per heavy atom. The maximum Gasteiger partial charge on any atom is 0.430 e. The van der Waals surface area contributed by atoms with Crippen LogP contribution in [0.1, 0.15) is 41.3 Å². The Morgan fingerprint density at radius 1 is 1.26 bits per heavy atom. The van der Waals surface area contributed by atoms with Crippen LogP contribution in [0.3, 0.4) is 0 Å². The number of imidazole rings is 1. The van der Waals surface area contributed by atoms with Gasteiger partial charge in [-0.2, -0.15) is 4.90 Å². The first kappa shape index (κ1) is 19.5. The minimum Gasteiger partial charge on any atom is -0.396 e. The number of carbonyl (C=O) groups excluding carboxylic acids is 2. The number of hydrogen-bond acceptors (Lipinski definition) is 5. The van der Waals surface area contributed by atoms with E-state index in [0.717, 1.165) is 5.56 Å². The van der Waals surface area contributed by atoms with E-state index in [1.807, 2.05) is 12.1 Å². The van der Waals surface area contributed by atoms with Gasteiger partial charge in [0.25, 0.3) is 0 Å². The molecule has 3 N–H and O–H groups in total. The minimum absolute atomic E-state index is 0.108. The number of carbonyl (C=O) groups is 2. The van der Waals surface area contributed by atoms with Crippen LogP contribution in [0.4, 0.5) is 10.6 Å². The number of nitrogens with one attached hydrogen (secondary N) is 1. The molecule has 1 aromatic carbocycles. The van der Waals surface area contributed by atoms with Gasteiger partial charge in [-0.3, -0.25) is 0 Å². The van der Waals surface area contributed by atoms with Crippen molar-refractivity contribution in [3.63, 3.8) is 0 Å². The first-order chi connectivity index (χ1) is 12.8. The highest BCUT2D eigenvalue weighted by molar-refractivity contribution is 6.30. The highest BCUT2D eigenvalue weighted by Gasteiger charge is 2.45. The molecule has 1 aliphatic rings. The zero-order chi connectivity index (χ0) is 19.7. The molecule has 2 heterocycles. The molecule has 9 heteroatoms. The molecular weight excluding hydrogens is 372 g/mol. The first-order valence-electron chi connectivity index (χ1n) is 8.67. The number of nitrogens with zero attached hydrogens (tertiary/aromatic N) is 3. The molecule has 0 saturated carbocycles. The van der Waals surface area contributed by atoms with Crippen molar-refractivity contribution in [2.24, 2.45) is 0 Å². The zero-order valence-corrected chi connectivity index (χ0v) is 15.9. The van der Waals surface area contributed by atoms with E-state index in [1.54, 1.807) is 30.7 Å². The number of halogens is 1. The number of urea groups is 1. The number of amides is 3. The Hall–Kier alpha value is -2.26. The van der Waals surface area contributed by atoms with Crippen LogP contribution < -0.4 is 9.80 Å². The minimum atomic E-state index is -0.917. The number of quaternary nitrogens is 1. The molecule has 0 spiro atoms. The Labute approximate surface area is 161 Å². The van der Waals surface area contributed by atoms with Crippen molar-refractivity contribution in [2.75, 3.05) is 25.1 Å². The second-order valence-corrected chi connectivity index (χ2v) is 6.97. The average Bonchev–Trinajstić information content (AvgIpc) is 3.01. The van der Waals surface area contributed by atoms with Gasteiger partial charge in [0.05, 0.1) is 6.54 Å². The maximum atomic E-state index is 13.0. The Kier molecular flexibility index (Phi) is 5.61. The molecule has 0 aliphatic carbocycles. The van der Waals surface area contributed by atoms with Crippen LogP contribution in [0.25, 0.3) is 0 Å². The van der Waals surface area contributed by atoms with Crippen molar-refractivity contribution in [3.05, 3.63) is 46.4 Å². The Balaban J connectivity index is 2.08. The van der Waals surface area contributed by atoms with Gasteiger partial charge in [0, 0.05) is 31.6 Å². The van der Waals surface area contributed by atoms with Gasteiger partial charge in [0.1, 0.15) is 11.9 Å². The lowest BCUT2D eigenvalue weighted by Crippen LogP contribution is -3.19. The summed E-state index contributed by atoms with van der Waals surface area (Å²) < 4.78 is 1.65. The number of rotatable bonds is 6. The summed E-state index contributed by atoms with van der Waals surface area (Å²) in [6.07, 6.45) is -0.593. The fraction of sp³-hybridized carbons (Fsp3) is 0.389. The molecule has 144 valence electrons. The standard InChI is InChI=1S/C18H21ClN4O4/c1-11(25)15-20-16-14(23(15)10-12-4-6-13(19)7-5-12)17(26)22(8-3-9-24)18(27)21(16)2/h4-7,11,24-25H,3,8-10H2,1-2H3/p+1. The van der Waals surface area contributed by atoms with E-state index in [4.69, 9.17) is 16.7 Å². The maximum absolute atomic E-state index is 13.0. The third-order valence-electron chi connectivity index (χ3n) is 4.56. The van der Waals surface area contributed by atoms with Crippen molar-refractivity contribution in [1.82, 2.24) is 9.55 Å². The molecular formula is C18H22ClN4O4+. The molecule has 8 nitrogen and oxygen atoms in total. The van der Waals surface area contributed by atoms with Crippen LogP contribution in [0.5, 0.6) is 0 Å². The summed E-state index contributed by atoms with van der Waals surface area (Å²) in [6, 6.07) is 6.74. The van der Waals surface area contributed by atoms with E-state index >= 15 is 0 Å². The molecule has 2 atom stereocenters. The normalized spacial score (nSPS) is 18.0. The quantitative estimate of drug-likeness (QED) is 0.668. The topological polar surface area (TPSA) is 100 Å². The lowest BCUT2D eigenvalue weighted by atomic mass is 10.2. The lowest BCUT2D eigenvalue weighted by Gasteiger charge is -2.26. The predicted octanol–water partition coefficient (Wildman–Crippen LogP) is 0.615. The Morgan fingerprint density at radius 2 is 1.93 bits per heavy atom. The van der Waals surface area contributed by atoms with Crippen LogP contribution in [0.15, 0.2) is 24.3 Å². The van der Waals surface area contributed by atoms with E-state index in [2.05, 4.69) is 4.98 Å². The van der Waals surface area contributed by atoms with Crippen LogP contribution in [-0.2, 0) is 6.54 Å². The molecule has 3 amide bonds. The monoisotopic (exact) mass is 393 g/mol. The summed E-state index contributed by atoms with van der Waals surface area (Å²) in [7, 11) is 1.55. The molecule has 0 radical (unpaired) electrons. The van der Waals surface area contributed by atoms with Gasteiger partial charge in [-0.15, -0.1) is 0 Å². The van der Waals surface area contributed by atoms with Gasteiger partial charge < -0.3 is 14.8 Å². The van der Waals surface area contributed by atoms with Crippen molar-refractivity contribution in [3.8, 4) is 0 Å². The van der Waals surface area contributed by atoms with Crippen LogP contribution in [-0.4, -0.2) is 51.9 Å². The van der Waals surface area contributed by atoms with Gasteiger partial charge in [-0.1, -0.05) is 23.7 Å². The lowest BCUT2D eigenvalue weighted by molar-refractivity contribution is -0.724. The Bertz CT molecular complexity index is 863. The highest BCUT2D eigenvalue weighted by Crippen LogP contribution is 2.27. The fourth-order valence-electron chi connectivity index (χ4n) is 3.18. The number of aromatic nitrogens is 2. The summed E-state index contributed by atoms with van der Waals surface area (Å²) >= 11 is 5.94. The van der Waals surface area contributed by atoms with Gasteiger partial charge in [-0.25, -0.2) is 19.5 Å². The molecule has 3 rings (SSSR count). The fourth-order valence-corrected chi connectivity index (χ4v) is 3.31. The van der Waals surface area contributed by atoms with Gasteiger partial charge in [-0.05, 0) is 24.6 Å². The second-order valence-electron chi connectivity index (χ2n) is 6.53. The number of fused-ring (bicyclic) bond motifs is 1. The van der Waals surface area contributed by atoms with Crippen LogP contribution in [0.2, 0.25) is 5.02 Å². The third-order valence-corrected chi connectivity index (χ3v) is 4.81. The molecule has 27 heavy (non-hydrogen) atoms. The van der Waals surface area contributed by atoms with E-state index < -0.39 is 18.0 Å².